The van der Waals surface area contributed by atoms with Gasteiger partial charge >= 0.3 is 0 Å². The molecule has 0 bridgehead atoms. The number of carbonyl (C=O) groups excluding carboxylic acids is 1. The number of hydrogen-bond acceptors (Lipinski definition) is 2. The molecule has 0 unspecified atom stereocenters. The van der Waals surface area contributed by atoms with Crippen LogP contribution in [0.5, 0.6) is 0 Å². The lowest BCUT2D eigenvalue weighted by Crippen LogP contribution is -2.28. The topological polar surface area (TPSA) is 26.3 Å². The quantitative estimate of drug-likeness (QED) is 0.658. The Labute approximate surface area is 88.0 Å². The third-order valence-corrected chi connectivity index (χ3v) is 3.15. The maximum Gasteiger partial charge on any atom is 0.138 e. The van der Waals surface area contributed by atoms with Crippen molar-refractivity contribution < 1.29 is 9.53 Å². The van der Waals surface area contributed by atoms with Gasteiger partial charge in [-0.2, -0.15) is 0 Å². The van der Waals surface area contributed by atoms with E-state index in [0.717, 1.165) is 12.8 Å². The van der Waals surface area contributed by atoms with Gasteiger partial charge in [0.15, 0.2) is 0 Å². The second-order valence-electron chi connectivity index (χ2n) is 5.12. The highest BCUT2D eigenvalue weighted by atomic mass is 16.5. The summed E-state index contributed by atoms with van der Waals surface area (Å²) in [6.07, 6.45) is 2.31. The molecule has 0 aromatic rings. The summed E-state index contributed by atoms with van der Waals surface area (Å²) in [6.45, 7) is 10.1. The molecule has 0 aromatic carbocycles. The van der Waals surface area contributed by atoms with Crippen molar-refractivity contribution in [2.45, 2.75) is 59.5 Å². The van der Waals surface area contributed by atoms with Crippen molar-refractivity contribution in [3.8, 4) is 0 Å². The summed E-state index contributed by atoms with van der Waals surface area (Å²) in [6, 6.07) is 0. The number of hydrogen-bond donors (Lipinski definition) is 0. The minimum absolute atomic E-state index is 0.177. The maximum atomic E-state index is 11.8. The van der Waals surface area contributed by atoms with Crippen molar-refractivity contribution in [1.29, 1.82) is 0 Å². The Morgan fingerprint density at radius 2 is 1.71 bits per heavy atom. The van der Waals surface area contributed by atoms with E-state index in [4.69, 9.17) is 4.74 Å². The Morgan fingerprint density at radius 1 is 1.21 bits per heavy atom. The fourth-order valence-electron chi connectivity index (χ4n) is 1.05. The molecule has 0 aliphatic heterocycles. The molecular weight excluding hydrogens is 176 g/mol. The van der Waals surface area contributed by atoms with Crippen LogP contribution in [0.3, 0.4) is 0 Å². The van der Waals surface area contributed by atoms with E-state index in [9.17, 15) is 4.79 Å². The molecule has 2 heteroatoms. The highest BCUT2D eigenvalue weighted by Crippen LogP contribution is 2.26. The maximum absolute atomic E-state index is 11.8. The van der Waals surface area contributed by atoms with Crippen LogP contribution < -0.4 is 0 Å². The molecular formula is C12H24O2. The molecule has 0 amide bonds. The van der Waals surface area contributed by atoms with Gasteiger partial charge in [-0.15, -0.1) is 0 Å². The summed E-state index contributed by atoms with van der Waals surface area (Å²) in [7, 11) is 1.69. The lowest BCUT2D eigenvalue weighted by atomic mass is 9.82. The van der Waals surface area contributed by atoms with E-state index in [1.54, 1.807) is 7.11 Å². The molecule has 0 heterocycles. The molecule has 0 saturated heterocycles. The second-order valence-corrected chi connectivity index (χ2v) is 5.12. The van der Waals surface area contributed by atoms with Crippen molar-refractivity contribution in [3.63, 3.8) is 0 Å². The van der Waals surface area contributed by atoms with Crippen molar-refractivity contribution in [2.24, 2.45) is 5.41 Å². The molecule has 0 radical (unpaired) electrons. The van der Waals surface area contributed by atoms with E-state index in [0.29, 0.717) is 12.2 Å². The first-order valence-corrected chi connectivity index (χ1v) is 5.33. The summed E-state index contributed by atoms with van der Waals surface area (Å²) < 4.78 is 5.28. The highest BCUT2D eigenvalue weighted by Gasteiger charge is 2.27. The molecule has 0 saturated carbocycles. The normalized spacial score (nSPS) is 13.0. The molecule has 0 atom stereocenters. The van der Waals surface area contributed by atoms with E-state index in [-0.39, 0.29) is 11.0 Å². The van der Waals surface area contributed by atoms with Crippen molar-refractivity contribution in [3.05, 3.63) is 0 Å². The van der Waals surface area contributed by atoms with Crippen LogP contribution in [0.25, 0.3) is 0 Å². The van der Waals surface area contributed by atoms with Crippen LogP contribution in [0.2, 0.25) is 0 Å². The third-order valence-electron chi connectivity index (χ3n) is 3.15. The Bertz CT molecular complexity index is 192. The summed E-state index contributed by atoms with van der Waals surface area (Å²) in [5.41, 5.74) is -0.358. The monoisotopic (exact) mass is 200 g/mol. The lowest BCUT2D eigenvalue weighted by molar-refractivity contribution is -0.128. The van der Waals surface area contributed by atoms with Gasteiger partial charge in [0.05, 0.1) is 5.60 Å². The lowest BCUT2D eigenvalue weighted by Gasteiger charge is -2.26. The minimum atomic E-state index is -0.181. The SMILES string of the molecule is CCC(C)(C)C(=O)CCC(C)(C)OC. The number of carbonyl (C=O) groups is 1. The largest absolute Gasteiger partial charge is 0.379 e. The molecule has 2 nitrogen and oxygen atoms in total. The molecule has 0 aromatic heterocycles. The van der Waals surface area contributed by atoms with Gasteiger partial charge in [0.1, 0.15) is 5.78 Å². The van der Waals surface area contributed by atoms with Crippen LogP contribution >= 0.6 is 0 Å². The third kappa shape index (κ3) is 4.23. The number of ether oxygens (including phenoxy) is 1. The van der Waals surface area contributed by atoms with Gasteiger partial charge in [0.25, 0.3) is 0 Å². The number of Topliss-reactive ketones (excluding diaryl/α,β-unsaturated/α-hetero) is 1. The van der Waals surface area contributed by atoms with Crippen molar-refractivity contribution in [1.82, 2.24) is 0 Å². The van der Waals surface area contributed by atoms with Gasteiger partial charge in [0, 0.05) is 18.9 Å². The van der Waals surface area contributed by atoms with Crippen LogP contribution in [0.15, 0.2) is 0 Å². The molecule has 14 heavy (non-hydrogen) atoms. The summed E-state index contributed by atoms with van der Waals surface area (Å²) >= 11 is 0. The molecule has 0 aliphatic carbocycles. The zero-order valence-electron chi connectivity index (χ0n) is 10.4. The zero-order valence-corrected chi connectivity index (χ0v) is 10.4. The molecule has 0 aliphatic rings. The molecule has 0 N–H and O–H groups in total. The number of rotatable bonds is 6. The first kappa shape index (κ1) is 13.6. The average molecular weight is 200 g/mol. The summed E-state index contributed by atoms with van der Waals surface area (Å²) in [5.74, 6) is 0.338. The summed E-state index contributed by atoms with van der Waals surface area (Å²) in [5, 5.41) is 0. The number of methoxy groups -OCH3 is 1. The fourth-order valence-corrected chi connectivity index (χ4v) is 1.05. The fraction of sp³-hybridized carbons (Fsp3) is 0.917. The molecule has 84 valence electrons. The number of ketones is 1. The van der Waals surface area contributed by atoms with Gasteiger partial charge in [0.2, 0.25) is 0 Å². The van der Waals surface area contributed by atoms with E-state index < -0.39 is 0 Å². The van der Waals surface area contributed by atoms with E-state index >= 15 is 0 Å². The first-order valence-electron chi connectivity index (χ1n) is 5.33. The van der Waals surface area contributed by atoms with Gasteiger partial charge in [-0.1, -0.05) is 20.8 Å². The standard InChI is InChI=1S/C12H24O2/c1-7-11(2,3)10(13)8-9-12(4,5)14-6/h7-9H2,1-6H3. The van der Waals surface area contributed by atoms with Crippen LogP contribution in [0.4, 0.5) is 0 Å². The Hall–Kier alpha value is -0.370. The predicted octanol–water partition coefficient (Wildman–Crippen LogP) is 3.20. The average Bonchev–Trinajstić information content (AvgIpc) is 2.14. The van der Waals surface area contributed by atoms with Crippen molar-refractivity contribution in [2.75, 3.05) is 7.11 Å². The molecule has 0 fully saturated rings. The van der Waals surface area contributed by atoms with Gasteiger partial charge < -0.3 is 4.74 Å². The van der Waals surface area contributed by atoms with Crippen molar-refractivity contribution >= 4 is 5.78 Å². The Balaban J connectivity index is 4.10. The van der Waals surface area contributed by atoms with E-state index in [2.05, 4.69) is 6.92 Å². The molecule has 0 rings (SSSR count). The van der Waals surface area contributed by atoms with E-state index in [1.165, 1.54) is 0 Å². The minimum Gasteiger partial charge on any atom is -0.379 e. The predicted molar refractivity (Wildman–Crippen MR) is 59.4 cm³/mol. The van der Waals surface area contributed by atoms with Gasteiger partial charge in [-0.25, -0.2) is 0 Å². The van der Waals surface area contributed by atoms with Crippen LogP contribution in [0.1, 0.15) is 53.9 Å². The Morgan fingerprint density at radius 3 is 2.07 bits per heavy atom. The van der Waals surface area contributed by atoms with Gasteiger partial charge in [-0.3, -0.25) is 4.79 Å². The first-order chi connectivity index (χ1) is 6.25. The Kier molecular flexibility index (Phi) is 4.79. The molecule has 0 spiro atoms. The van der Waals surface area contributed by atoms with Crippen LogP contribution in [-0.2, 0) is 9.53 Å². The zero-order chi connectivity index (χ0) is 11.4. The van der Waals surface area contributed by atoms with Gasteiger partial charge in [-0.05, 0) is 26.7 Å². The van der Waals surface area contributed by atoms with Crippen LogP contribution in [-0.4, -0.2) is 18.5 Å². The summed E-state index contributed by atoms with van der Waals surface area (Å²) in [4.78, 5) is 11.8. The van der Waals surface area contributed by atoms with Crippen LogP contribution in [0, 0.1) is 5.41 Å². The second kappa shape index (κ2) is 4.92. The smallest absolute Gasteiger partial charge is 0.138 e. The highest BCUT2D eigenvalue weighted by molar-refractivity contribution is 5.83. The van der Waals surface area contributed by atoms with E-state index in [1.807, 2.05) is 27.7 Å².